The van der Waals surface area contributed by atoms with Gasteiger partial charge in [-0.1, -0.05) is 26.7 Å². The van der Waals surface area contributed by atoms with Crippen LogP contribution in [-0.4, -0.2) is 18.8 Å². The van der Waals surface area contributed by atoms with Crippen LogP contribution in [0.5, 0.6) is 0 Å². The molecule has 0 bridgehead atoms. The molecule has 3 atom stereocenters. The lowest BCUT2D eigenvalue weighted by atomic mass is 9.94. The van der Waals surface area contributed by atoms with E-state index in [9.17, 15) is 0 Å². The van der Waals surface area contributed by atoms with E-state index in [0.29, 0.717) is 12.1 Å². The molecule has 0 aromatic rings. The monoisotopic (exact) mass is 228 g/mol. The molecule has 1 heterocycles. The molecule has 0 aliphatic carbocycles. The summed E-state index contributed by atoms with van der Waals surface area (Å²) in [7, 11) is 0. The van der Waals surface area contributed by atoms with Crippen molar-refractivity contribution in [3.63, 3.8) is 0 Å². The molecule has 0 radical (unpaired) electrons. The quantitative estimate of drug-likeness (QED) is 0.496. The Morgan fingerprint density at radius 1 is 1.44 bits per heavy atom. The Hall–Kier alpha value is -0.120. The lowest BCUT2D eigenvalue weighted by Gasteiger charge is -2.21. The first kappa shape index (κ1) is 13.9. The Morgan fingerprint density at radius 2 is 2.25 bits per heavy atom. The van der Waals surface area contributed by atoms with E-state index >= 15 is 0 Å². The van der Waals surface area contributed by atoms with Gasteiger partial charge in [0, 0.05) is 12.6 Å². The smallest absolute Gasteiger partial charge is 0.0576 e. The van der Waals surface area contributed by atoms with Gasteiger partial charge in [-0.2, -0.15) is 0 Å². The number of hydrazine groups is 1. The first-order valence-corrected chi connectivity index (χ1v) is 6.84. The van der Waals surface area contributed by atoms with Crippen molar-refractivity contribution in [2.24, 2.45) is 11.8 Å². The van der Waals surface area contributed by atoms with Crippen LogP contribution >= 0.6 is 0 Å². The molecule has 3 heteroatoms. The van der Waals surface area contributed by atoms with Crippen molar-refractivity contribution >= 4 is 0 Å². The minimum Gasteiger partial charge on any atom is -0.378 e. The van der Waals surface area contributed by atoms with Gasteiger partial charge in [0.2, 0.25) is 0 Å². The molecular weight excluding hydrogens is 200 g/mol. The molecule has 0 saturated carbocycles. The van der Waals surface area contributed by atoms with Crippen LogP contribution in [0.2, 0.25) is 0 Å². The lowest BCUT2D eigenvalue weighted by Crippen LogP contribution is -2.37. The van der Waals surface area contributed by atoms with Crippen LogP contribution in [0.3, 0.4) is 0 Å². The van der Waals surface area contributed by atoms with Crippen LogP contribution in [0.25, 0.3) is 0 Å². The zero-order valence-electron chi connectivity index (χ0n) is 10.9. The van der Waals surface area contributed by atoms with Crippen molar-refractivity contribution in [1.82, 2.24) is 5.43 Å². The highest BCUT2D eigenvalue weighted by molar-refractivity contribution is 4.72. The minimum absolute atomic E-state index is 0.464. The highest BCUT2D eigenvalue weighted by Gasteiger charge is 2.18. The van der Waals surface area contributed by atoms with Gasteiger partial charge in [0.1, 0.15) is 0 Å². The summed E-state index contributed by atoms with van der Waals surface area (Å²) in [6.45, 7) is 5.52. The molecule has 1 fully saturated rings. The second kappa shape index (κ2) is 8.04. The van der Waals surface area contributed by atoms with Crippen LogP contribution in [0.15, 0.2) is 0 Å². The molecule has 3 nitrogen and oxygen atoms in total. The van der Waals surface area contributed by atoms with Crippen molar-refractivity contribution in [1.29, 1.82) is 0 Å². The Balaban J connectivity index is 2.14. The number of nitrogens with two attached hydrogens (primary N) is 1. The highest BCUT2D eigenvalue weighted by atomic mass is 16.5. The standard InChI is InChI=1S/C13H28N2O/c1-3-5-11(2)10-12(15-14)7-8-13-6-4-9-16-13/h11-13,15H,3-10,14H2,1-2H3. The van der Waals surface area contributed by atoms with E-state index < -0.39 is 0 Å². The minimum atomic E-state index is 0.464. The molecule has 0 aromatic heterocycles. The van der Waals surface area contributed by atoms with E-state index in [-0.39, 0.29) is 0 Å². The molecule has 16 heavy (non-hydrogen) atoms. The molecule has 0 spiro atoms. The van der Waals surface area contributed by atoms with Crippen molar-refractivity contribution in [3.05, 3.63) is 0 Å². The maximum atomic E-state index is 5.63. The Morgan fingerprint density at radius 3 is 2.81 bits per heavy atom. The first-order valence-electron chi connectivity index (χ1n) is 6.84. The van der Waals surface area contributed by atoms with E-state index in [1.165, 1.54) is 32.1 Å². The van der Waals surface area contributed by atoms with Crippen LogP contribution in [0.4, 0.5) is 0 Å². The van der Waals surface area contributed by atoms with Gasteiger partial charge in [-0.05, 0) is 38.0 Å². The molecule has 0 aromatic carbocycles. The van der Waals surface area contributed by atoms with E-state index in [1.54, 1.807) is 0 Å². The van der Waals surface area contributed by atoms with E-state index in [2.05, 4.69) is 19.3 Å². The maximum absolute atomic E-state index is 5.63. The largest absolute Gasteiger partial charge is 0.378 e. The molecule has 3 unspecified atom stereocenters. The fourth-order valence-electron chi connectivity index (χ4n) is 2.62. The maximum Gasteiger partial charge on any atom is 0.0576 e. The zero-order valence-corrected chi connectivity index (χ0v) is 10.9. The van der Waals surface area contributed by atoms with Gasteiger partial charge < -0.3 is 4.74 Å². The van der Waals surface area contributed by atoms with E-state index in [4.69, 9.17) is 10.6 Å². The summed E-state index contributed by atoms with van der Waals surface area (Å²) in [5.74, 6) is 6.38. The Bertz CT molecular complexity index is 169. The van der Waals surface area contributed by atoms with Gasteiger partial charge in [0.15, 0.2) is 0 Å². The highest BCUT2D eigenvalue weighted by Crippen LogP contribution is 2.20. The molecule has 1 rings (SSSR count). The third-order valence-electron chi connectivity index (χ3n) is 3.57. The fraction of sp³-hybridized carbons (Fsp3) is 1.00. The number of hydrogen-bond donors (Lipinski definition) is 2. The number of nitrogens with one attached hydrogen (secondary N) is 1. The second-order valence-corrected chi connectivity index (χ2v) is 5.21. The summed E-state index contributed by atoms with van der Waals surface area (Å²) in [6, 6.07) is 0.464. The molecule has 1 saturated heterocycles. The van der Waals surface area contributed by atoms with Gasteiger partial charge in [0.25, 0.3) is 0 Å². The van der Waals surface area contributed by atoms with E-state index in [1.807, 2.05) is 0 Å². The molecule has 3 N–H and O–H groups in total. The Labute approximate surface area is 100 Å². The van der Waals surface area contributed by atoms with E-state index in [0.717, 1.165) is 25.4 Å². The summed E-state index contributed by atoms with van der Waals surface area (Å²) in [5.41, 5.74) is 2.96. The van der Waals surface area contributed by atoms with Crippen molar-refractivity contribution < 1.29 is 4.74 Å². The summed E-state index contributed by atoms with van der Waals surface area (Å²) in [6.07, 6.45) is 9.04. The Kier molecular flexibility index (Phi) is 7.01. The molecular formula is C13H28N2O. The first-order chi connectivity index (χ1) is 7.76. The zero-order chi connectivity index (χ0) is 11.8. The average Bonchev–Trinajstić information content (AvgIpc) is 2.77. The van der Waals surface area contributed by atoms with Crippen LogP contribution in [0, 0.1) is 5.92 Å². The normalized spacial score (nSPS) is 24.6. The number of ether oxygens (including phenoxy) is 1. The number of hydrogen-bond acceptors (Lipinski definition) is 3. The fourth-order valence-corrected chi connectivity index (χ4v) is 2.62. The second-order valence-electron chi connectivity index (χ2n) is 5.21. The van der Waals surface area contributed by atoms with Gasteiger partial charge in [-0.25, -0.2) is 0 Å². The van der Waals surface area contributed by atoms with Crippen LogP contribution < -0.4 is 11.3 Å². The summed E-state index contributed by atoms with van der Waals surface area (Å²) in [4.78, 5) is 0. The van der Waals surface area contributed by atoms with Gasteiger partial charge in [-0.15, -0.1) is 0 Å². The third kappa shape index (κ3) is 5.28. The van der Waals surface area contributed by atoms with Gasteiger partial charge in [-0.3, -0.25) is 11.3 Å². The van der Waals surface area contributed by atoms with Crippen LogP contribution in [0.1, 0.15) is 58.8 Å². The lowest BCUT2D eigenvalue weighted by molar-refractivity contribution is 0.0986. The average molecular weight is 228 g/mol. The summed E-state index contributed by atoms with van der Waals surface area (Å²) < 4.78 is 5.63. The topological polar surface area (TPSA) is 47.3 Å². The van der Waals surface area contributed by atoms with Gasteiger partial charge >= 0.3 is 0 Å². The predicted molar refractivity (Wildman–Crippen MR) is 68.0 cm³/mol. The number of rotatable bonds is 8. The molecule has 96 valence electrons. The van der Waals surface area contributed by atoms with Gasteiger partial charge in [0.05, 0.1) is 6.10 Å². The summed E-state index contributed by atoms with van der Waals surface area (Å²) in [5, 5.41) is 0. The predicted octanol–water partition coefficient (Wildman–Crippen LogP) is 2.60. The van der Waals surface area contributed by atoms with Crippen LogP contribution in [-0.2, 0) is 4.74 Å². The van der Waals surface area contributed by atoms with Crippen molar-refractivity contribution in [2.45, 2.75) is 70.9 Å². The molecule has 1 aliphatic heterocycles. The SMILES string of the molecule is CCCC(C)CC(CCC1CCCO1)NN. The van der Waals surface area contributed by atoms with Crippen molar-refractivity contribution in [2.75, 3.05) is 6.61 Å². The molecule has 1 aliphatic rings. The summed E-state index contributed by atoms with van der Waals surface area (Å²) >= 11 is 0. The molecule has 0 amide bonds. The third-order valence-corrected chi connectivity index (χ3v) is 3.57. The van der Waals surface area contributed by atoms with Crippen molar-refractivity contribution in [3.8, 4) is 0 Å².